The molecule has 1 aromatic heterocycles. The monoisotopic (exact) mass is 380 g/mol. The summed E-state index contributed by atoms with van der Waals surface area (Å²) in [6, 6.07) is 7.65. The largest absolute Gasteiger partial charge is 0.310 e. The van der Waals surface area contributed by atoms with Gasteiger partial charge in [0.2, 0.25) is 5.91 Å². The van der Waals surface area contributed by atoms with Crippen LogP contribution in [0.4, 0.5) is 5.82 Å². The number of benzene rings is 1. The minimum atomic E-state index is -0.0627. The fourth-order valence-electron chi connectivity index (χ4n) is 3.28. The van der Waals surface area contributed by atoms with E-state index in [-0.39, 0.29) is 12.5 Å². The van der Waals surface area contributed by atoms with Gasteiger partial charge >= 0.3 is 0 Å². The van der Waals surface area contributed by atoms with Crippen molar-refractivity contribution in [1.29, 1.82) is 0 Å². The van der Waals surface area contributed by atoms with E-state index in [1.165, 1.54) is 12.8 Å². The van der Waals surface area contributed by atoms with Crippen molar-refractivity contribution in [2.45, 2.75) is 38.3 Å². The molecule has 1 heterocycles. The molecule has 134 valence electrons. The number of amides is 1. The molecule has 1 fully saturated rings. The van der Waals surface area contributed by atoms with Crippen LogP contribution in [0.5, 0.6) is 0 Å². The predicted molar refractivity (Wildman–Crippen MR) is 101 cm³/mol. The highest BCUT2D eigenvalue weighted by Gasteiger charge is 2.20. The summed E-state index contributed by atoms with van der Waals surface area (Å²) in [5.41, 5.74) is 0.942. The van der Waals surface area contributed by atoms with Gasteiger partial charge in [0, 0.05) is 22.7 Å². The minimum Gasteiger partial charge on any atom is -0.310 e. The Kier molecular flexibility index (Phi) is 5.99. The number of hydrogen-bond acceptors (Lipinski definition) is 3. The average molecular weight is 381 g/mol. The summed E-state index contributed by atoms with van der Waals surface area (Å²) in [6.45, 7) is 0.847. The molecule has 1 aliphatic carbocycles. The number of aromatic nitrogens is 2. The molecule has 0 spiro atoms. The third-order valence-corrected chi connectivity index (χ3v) is 5.06. The molecule has 0 unspecified atom stereocenters. The number of anilines is 1. The molecule has 1 saturated carbocycles. The minimum absolute atomic E-state index is 0.0627. The molecule has 1 aromatic carbocycles. The second-order valence-corrected chi connectivity index (χ2v) is 7.40. The summed E-state index contributed by atoms with van der Waals surface area (Å²) in [5, 5.41) is 8.57. The number of nitrogens with one attached hydrogen (secondary N) is 1. The van der Waals surface area contributed by atoms with Gasteiger partial charge in [-0.25, -0.2) is 4.68 Å². The Labute approximate surface area is 157 Å². The first-order valence-electron chi connectivity index (χ1n) is 8.49. The van der Waals surface area contributed by atoms with Crippen molar-refractivity contribution >= 4 is 34.9 Å². The molecule has 1 amide bonds. The molecule has 25 heavy (non-hydrogen) atoms. The number of likely N-dealkylation sites (N-methyl/N-ethyl adjacent to an activating group) is 1. The Hall–Kier alpha value is -1.56. The van der Waals surface area contributed by atoms with Crippen molar-refractivity contribution in [3.8, 4) is 0 Å². The SMILES string of the molecule is CN(CC(=O)Nc1ccnn1C1CCCC1)Cc1ccc(Cl)cc1Cl. The van der Waals surface area contributed by atoms with Gasteiger partial charge in [0.15, 0.2) is 0 Å². The van der Waals surface area contributed by atoms with Crippen molar-refractivity contribution in [2.75, 3.05) is 18.9 Å². The third-order valence-electron chi connectivity index (χ3n) is 4.48. The van der Waals surface area contributed by atoms with E-state index in [4.69, 9.17) is 23.2 Å². The Morgan fingerprint density at radius 2 is 2.08 bits per heavy atom. The smallest absolute Gasteiger partial charge is 0.239 e. The highest BCUT2D eigenvalue weighted by atomic mass is 35.5. The number of carbonyl (C=O) groups excluding carboxylic acids is 1. The maximum absolute atomic E-state index is 12.4. The lowest BCUT2D eigenvalue weighted by atomic mass is 10.2. The van der Waals surface area contributed by atoms with Crippen LogP contribution in [-0.2, 0) is 11.3 Å². The number of rotatable bonds is 6. The zero-order valence-electron chi connectivity index (χ0n) is 14.2. The van der Waals surface area contributed by atoms with Gasteiger partial charge in [-0.3, -0.25) is 9.69 Å². The Morgan fingerprint density at radius 1 is 1.32 bits per heavy atom. The summed E-state index contributed by atoms with van der Waals surface area (Å²) in [7, 11) is 1.89. The maximum atomic E-state index is 12.4. The van der Waals surface area contributed by atoms with Gasteiger partial charge in [-0.15, -0.1) is 0 Å². The summed E-state index contributed by atoms with van der Waals surface area (Å²) < 4.78 is 1.95. The second kappa shape index (κ2) is 8.21. The maximum Gasteiger partial charge on any atom is 0.239 e. The van der Waals surface area contributed by atoms with Gasteiger partial charge in [0.25, 0.3) is 0 Å². The number of nitrogens with zero attached hydrogens (tertiary/aromatic N) is 3. The molecule has 7 heteroatoms. The van der Waals surface area contributed by atoms with E-state index >= 15 is 0 Å². The predicted octanol–water partition coefficient (Wildman–Crippen LogP) is 4.38. The van der Waals surface area contributed by atoms with Crippen LogP contribution in [0.25, 0.3) is 0 Å². The number of carbonyl (C=O) groups is 1. The van der Waals surface area contributed by atoms with E-state index in [0.717, 1.165) is 24.2 Å². The number of halogens is 2. The topological polar surface area (TPSA) is 50.2 Å². The first-order chi connectivity index (χ1) is 12.0. The Balaban J connectivity index is 1.56. The lowest BCUT2D eigenvalue weighted by molar-refractivity contribution is -0.117. The molecule has 5 nitrogen and oxygen atoms in total. The van der Waals surface area contributed by atoms with Gasteiger partial charge in [0.05, 0.1) is 18.8 Å². The molecule has 2 aromatic rings. The molecular formula is C18H22Cl2N4O. The van der Waals surface area contributed by atoms with Gasteiger partial charge in [-0.1, -0.05) is 42.1 Å². The van der Waals surface area contributed by atoms with Crippen LogP contribution >= 0.6 is 23.2 Å². The van der Waals surface area contributed by atoms with Crippen molar-refractivity contribution < 1.29 is 4.79 Å². The quantitative estimate of drug-likeness (QED) is 0.808. The lowest BCUT2D eigenvalue weighted by Crippen LogP contribution is -2.30. The van der Waals surface area contributed by atoms with Gasteiger partial charge < -0.3 is 5.32 Å². The zero-order valence-corrected chi connectivity index (χ0v) is 15.7. The summed E-state index contributed by atoms with van der Waals surface area (Å²) in [4.78, 5) is 14.3. The molecule has 0 bridgehead atoms. The van der Waals surface area contributed by atoms with E-state index < -0.39 is 0 Å². The normalized spacial score (nSPS) is 15.0. The molecule has 0 saturated heterocycles. The van der Waals surface area contributed by atoms with Crippen molar-refractivity contribution in [3.05, 3.63) is 46.1 Å². The first kappa shape index (κ1) is 18.2. The molecule has 3 rings (SSSR count). The Morgan fingerprint density at radius 3 is 2.80 bits per heavy atom. The molecule has 0 radical (unpaired) electrons. The fraction of sp³-hybridized carbons (Fsp3) is 0.444. The summed E-state index contributed by atoms with van der Waals surface area (Å²) >= 11 is 12.1. The molecule has 1 aliphatic rings. The van der Waals surface area contributed by atoms with Crippen LogP contribution in [0.15, 0.2) is 30.5 Å². The first-order valence-corrected chi connectivity index (χ1v) is 9.24. The standard InChI is InChI=1S/C18H22Cl2N4O/c1-23(11-13-6-7-14(19)10-16(13)20)12-18(25)22-17-8-9-21-24(17)15-4-2-3-5-15/h6-10,15H,2-5,11-12H2,1H3,(H,22,25). The molecule has 1 N–H and O–H groups in total. The average Bonchev–Trinajstić information content (AvgIpc) is 3.20. The van der Waals surface area contributed by atoms with Crippen LogP contribution in [0.3, 0.4) is 0 Å². The molecular weight excluding hydrogens is 359 g/mol. The van der Waals surface area contributed by atoms with Gasteiger partial charge in [-0.05, 0) is 37.6 Å². The van der Waals surface area contributed by atoms with Gasteiger partial charge in [0.1, 0.15) is 5.82 Å². The second-order valence-electron chi connectivity index (χ2n) is 6.56. The van der Waals surface area contributed by atoms with Gasteiger partial charge in [-0.2, -0.15) is 5.10 Å². The summed E-state index contributed by atoms with van der Waals surface area (Å²) in [5.74, 6) is 0.710. The summed E-state index contributed by atoms with van der Waals surface area (Å²) in [6.07, 6.45) is 6.44. The molecule has 0 atom stereocenters. The highest BCUT2D eigenvalue weighted by molar-refractivity contribution is 6.35. The van der Waals surface area contributed by atoms with Crippen molar-refractivity contribution in [1.82, 2.24) is 14.7 Å². The van der Waals surface area contributed by atoms with E-state index in [2.05, 4.69) is 10.4 Å². The van der Waals surface area contributed by atoms with Crippen molar-refractivity contribution in [2.24, 2.45) is 0 Å². The van der Waals surface area contributed by atoms with Crippen molar-refractivity contribution in [3.63, 3.8) is 0 Å². The fourth-order valence-corrected chi connectivity index (χ4v) is 3.75. The van der Waals surface area contributed by atoms with Crippen LogP contribution in [0.1, 0.15) is 37.3 Å². The van der Waals surface area contributed by atoms with E-state index in [0.29, 0.717) is 22.6 Å². The van der Waals surface area contributed by atoms with Crippen LogP contribution in [-0.4, -0.2) is 34.2 Å². The van der Waals surface area contributed by atoms with Crippen LogP contribution in [0.2, 0.25) is 10.0 Å². The van der Waals surface area contributed by atoms with E-state index in [1.807, 2.05) is 28.8 Å². The van der Waals surface area contributed by atoms with E-state index in [9.17, 15) is 4.79 Å². The molecule has 0 aliphatic heterocycles. The Bertz CT molecular complexity index is 740. The lowest BCUT2D eigenvalue weighted by Gasteiger charge is -2.18. The zero-order chi connectivity index (χ0) is 17.8. The highest BCUT2D eigenvalue weighted by Crippen LogP contribution is 2.31. The van der Waals surface area contributed by atoms with E-state index in [1.54, 1.807) is 18.3 Å². The number of hydrogen-bond donors (Lipinski definition) is 1. The third kappa shape index (κ3) is 4.75. The van der Waals surface area contributed by atoms with Crippen LogP contribution in [0, 0.1) is 0 Å². The van der Waals surface area contributed by atoms with Crippen LogP contribution < -0.4 is 5.32 Å².